The van der Waals surface area contributed by atoms with Gasteiger partial charge >= 0.3 is 5.97 Å². The molecule has 0 fully saturated rings. The predicted octanol–water partition coefficient (Wildman–Crippen LogP) is 4.27. The van der Waals surface area contributed by atoms with Crippen LogP contribution in [-0.2, 0) is 0 Å². The van der Waals surface area contributed by atoms with Crippen molar-refractivity contribution in [2.24, 2.45) is 0 Å². The Morgan fingerprint density at radius 1 is 1.07 bits per heavy atom. The Morgan fingerprint density at radius 2 is 1.86 bits per heavy atom. The molecule has 2 aromatic carbocycles. The van der Waals surface area contributed by atoms with Crippen molar-refractivity contribution in [2.75, 3.05) is 0 Å². The number of benzene rings is 2. The summed E-state index contributed by atoms with van der Waals surface area (Å²) < 4.78 is 20.0. The van der Waals surface area contributed by atoms with Gasteiger partial charge in [-0.15, -0.1) is 0 Å². The highest BCUT2D eigenvalue weighted by Gasteiger charge is 2.12. The summed E-state index contributed by atoms with van der Waals surface area (Å²) in [5, 5.41) is 10.9. The van der Waals surface area contributed by atoms with E-state index < -0.39 is 16.7 Å². The van der Waals surface area contributed by atoms with E-state index >= 15 is 0 Å². The molecule has 138 valence electrons. The van der Waals surface area contributed by atoms with Crippen LogP contribution >= 0.6 is 0 Å². The van der Waals surface area contributed by atoms with E-state index in [0.717, 1.165) is 11.6 Å². The number of nitro groups is 1. The number of carbonyl (C=O) groups is 1. The molecule has 0 N–H and O–H groups in total. The third-order valence-electron chi connectivity index (χ3n) is 4.07. The second-order valence-electron chi connectivity index (χ2n) is 5.96. The molecule has 0 saturated carbocycles. The van der Waals surface area contributed by atoms with Crippen molar-refractivity contribution in [3.05, 3.63) is 94.6 Å². The Hall–Kier alpha value is -4.07. The van der Waals surface area contributed by atoms with Crippen molar-refractivity contribution in [1.29, 1.82) is 0 Å². The average molecular weight is 377 g/mol. The third-order valence-corrected chi connectivity index (χ3v) is 4.07. The van der Waals surface area contributed by atoms with Crippen molar-refractivity contribution in [1.82, 2.24) is 9.38 Å². The summed E-state index contributed by atoms with van der Waals surface area (Å²) >= 11 is 0. The molecular formula is C20H12FN3O4. The third kappa shape index (κ3) is 3.43. The fraction of sp³-hybridized carbons (Fsp3) is 0. The van der Waals surface area contributed by atoms with Crippen LogP contribution in [0.15, 0.2) is 73.1 Å². The van der Waals surface area contributed by atoms with Gasteiger partial charge in [-0.2, -0.15) is 0 Å². The maximum absolute atomic E-state index is 13.2. The number of imidazole rings is 1. The topological polar surface area (TPSA) is 86.7 Å². The molecule has 0 atom stereocenters. The van der Waals surface area contributed by atoms with E-state index in [0.29, 0.717) is 17.1 Å². The minimum atomic E-state index is -0.660. The number of hydrogen-bond acceptors (Lipinski definition) is 5. The first-order chi connectivity index (χ1) is 13.5. The summed E-state index contributed by atoms with van der Waals surface area (Å²) in [4.78, 5) is 26.9. The Balaban J connectivity index is 1.55. The van der Waals surface area contributed by atoms with E-state index in [9.17, 15) is 19.3 Å². The monoisotopic (exact) mass is 377 g/mol. The zero-order chi connectivity index (χ0) is 19.7. The van der Waals surface area contributed by atoms with Crippen molar-refractivity contribution in [2.45, 2.75) is 0 Å². The molecule has 0 spiro atoms. The van der Waals surface area contributed by atoms with Gasteiger partial charge in [-0.05, 0) is 48.5 Å². The molecule has 28 heavy (non-hydrogen) atoms. The summed E-state index contributed by atoms with van der Waals surface area (Å²) in [5.74, 6) is -0.874. The van der Waals surface area contributed by atoms with Gasteiger partial charge < -0.3 is 4.74 Å². The standard InChI is InChI=1S/C20H12FN3O4/c21-15-3-1-2-14(10-15)20(25)28-17-7-4-13(5-8-17)18-12-23-11-16(24(26)27)6-9-19(23)22-18/h1-12H. The second kappa shape index (κ2) is 6.92. The maximum atomic E-state index is 13.2. The number of nitrogens with zero attached hydrogens (tertiary/aromatic N) is 3. The van der Waals surface area contributed by atoms with Gasteiger partial charge in [0.05, 0.1) is 22.4 Å². The first kappa shape index (κ1) is 17.3. The lowest BCUT2D eigenvalue weighted by atomic mass is 10.1. The highest BCUT2D eigenvalue weighted by Crippen LogP contribution is 2.24. The number of hydrogen-bond donors (Lipinski definition) is 0. The molecule has 2 heterocycles. The number of pyridine rings is 1. The molecule has 8 heteroatoms. The van der Waals surface area contributed by atoms with Crippen LogP contribution in [0.25, 0.3) is 16.9 Å². The number of esters is 1. The smallest absolute Gasteiger partial charge is 0.343 e. The molecule has 4 rings (SSSR count). The molecular weight excluding hydrogens is 365 g/mol. The van der Waals surface area contributed by atoms with Crippen molar-refractivity contribution in [3.8, 4) is 17.0 Å². The number of rotatable bonds is 4. The minimum Gasteiger partial charge on any atom is -0.423 e. The van der Waals surface area contributed by atoms with Gasteiger partial charge in [0.1, 0.15) is 17.2 Å². The van der Waals surface area contributed by atoms with Crippen molar-refractivity contribution < 1.29 is 18.8 Å². The Morgan fingerprint density at radius 3 is 2.57 bits per heavy atom. The zero-order valence-electron chi connectivity index (χ0n) is 14.3. The number of carbonyl (C=O) groups excluding carboxylic acids is 1. The molecule has 0 saturated heterocycles. The van der Waals surface area contributed by atoms with Gasteiger partial charge in [0.2, 0.25) is 0 Å². The van der Waals surface area contributed by atoms with Crippen molar-refractivity contribution in [3.63, 3.8) is 0 Å². The molecule has 0 unspecified atom stereocenters. The highest BCUT2D eigenvalue weighted by molar-refractivity contribution is 5.91. The molecule has 0 aliphatic carbocycles. The van der Waals surface area contributed by atoms with Crippen LogP contribution in [0.4, 0.5) is 10.1 Å². The number of aromatic nitrogens is 2. The van der Waals surface area contributed by atoms with Gasteiger partial charge in [0, 0.05) is 17.8 Å². The van der Waals surface area contributed by atoms with Crippen LogP contribution in [0.5, 0.6) is 5.75 Å². The summed E-state index contributed by atoms with van der Waals surface area (Å²) in [6.07, 6.45) is 3.07. The fourth-order valence-electron chi connectivity index (χ4n) is 2.70. The number of ether oxygens (including phenoxy) is 1. The molecule has 2 aromatic heterocycles. The van der Waals surface area contributed by atoms with E-state index in [1.807, 2.05) is 0 Å². The molecule has 7 nitrogen and oxygen atoms in total. The van der Waals surface area contributed by atoms with Crippen LogP contribution in [-0.4, -0.2) is 20.3 Å². The van der Waals surface area contributed by atoms with Crippen LogP contribution < -0.4 is 4.74 Å². The summed E-state index contributed by atoms with van der Waals surface area (Å²) in [6, 6.07) is 14.8. The number of fused-ring (bicyclic) bond motifs is 1. The Labute approximate surface area is 157 Å². The molecule has 0 aliphatic heterocycles. The lowest BCUT2D eigenvalue weighted by Gasteiger charge is -2.05. The van der Waals surface area contributed by atoms with Gasteiger partial charge in [-0.1, -0.05) is 6.07 Å². The summed E-state index contributed by atoms with van der Waals surface area (Å²) in [6.45, 7) is 0. The normalized spacial score (nSPS) is 10.8. The lowest BCUT2D eigenvalue weighted by Crippen LogP contribution is -2.08. The van der Waals surface area contributed by atoms with Crippen molar-refractivity contribution >= 4 is 17.3 Å². The highest BCUT2D eigenvalue weighted by atomic mass is 19.1. The summed E-state index contributed by atoms with van der Waals surface area (Å²) in [7, 11) is 0. The van der Waals surface area contributed by atoms with Crippen LogP contribution in [0.1, 0.15) is 10.4 Å². The lowest BCUT2D eigenvalue weighted by molar-refractivity contribution is -0.385. The van der Waals surface area contributed by atoms with Crippen LogP contribution in [0.2, 0.25) is 0 Å². The Bertz CT molecular complexity index is 1200. The molecule has 0 bridgehead atoms. The van der Waals surface area contributed by atoms with Crippen LogP contribution in [0, 0.1) is 15.9 Å². The van der Waals surface area contributed by atoms with E-state index in [-0.39, 0.29) is 11.3 Å². The molecule has 0 amide bonds. The van der Waals surface area contributed by atoms with E-state index in [2.05, 4.69) is 4.98 Å². The summed E-state index contributed by atoms with van der Waals surface area (Å²) in [5.41, 5.74) is 2.02. The molecule has 0 radical (unpaired) electrons. The first-order valence-corrected chi connectivity index (χ1v) is 8.21. The first-order valence-electron chi connectivity index (χ1n) is 8.21. The molecule has 0 aliphatic rings. The van der Waals surface area contributed by atoms with Gasteiger partial charge in [0.25, 0.3) is 5.69 Å². The average Bonchev–Trinajstić information content (AvgIpc) is 3.11. The van der Waals surface area contributed by atoms with Crippen LogP contribution in [0.3, 0.4) is 0 Å². The van der Waals surface area contributed by atoms with Gasteiger partial charge in [-0.25, -0.2) is 14.2 Å². The largest absolute Gasteiger partial charge is 0.423 e. The fourth-order valence-corrected chi connectivity index (χ4v) is 2.70. The quantitative estimate of drug-likeness (QED) is 0.229. The van der Waals surface area contributed by atoms with E-state index in [1.54, 1.807) is 40.9 Å². The van der Waals surface area contributed by atoms with E-state index in [1.165, 1.54) is 30.5 Å². The van der Waals surface area contributed by atoms with Gasteiger partial charge in [-0.3, -0.25) is 14.5 Å². The predicted molar refractivity (Wildman–Crippen MR) is 98.6 cm³/mol. The Kier molecular flexibility index (Phi) is 4.29. The molecule has 4 aromatic rings. The van der Waals surface area contributed by atoms with E-state index in [4.69, 9.17) is 4.74 Å². The number of halogens is 1. The van der Waals surface area contributed by atoms with Gasteiger partial charge in [0.15, 0.2) is 0 Å². The second-order valence-corrected chi connectivity index (χ2v) is 5.96. The minimum absolute atomic E-state index is 0.0314. The SMILES string of the molecule is O=C(Oc1ccc(-c2cn3cc([N+](=O)[O-])ccc3n2)cc1)c1cccc(F)c1. The maximum Gasteiger partial charge on any atom is 0.343 e. The zero-order valence-corrected chi connectivity index (χ0v) is 14.3.